The Hall–Kier alpha value is -1.60. The largest absolute Gasteiger partial charge is 0.292 e. The van der Waals surface area contributed by atoms with Crippen LogP contribution >= 0.6 is 0 Å². The lowest BCUT2D eigenvalue weighted by atomic mass is 10.2. The highest BCUT2D eigenvalue weighted by Gasteiger charge is 2.11. The minimum atomic E-state index is 0.977. The minimum absolute atomic E-state index is 0.977. The van der Waals surface area contributed by atoms with Crippen molar-refractivity contribution < 1.29 is 0 Å². The third-order valence-electron chi connectivity index (χ3n) is 3.06. The molecular formula is C17H21N. The van der Waals surface area contributed by atoms with Crippen LogP contribution in [0.4, 0.5) is 0 Å². The van der Waals surface area contributed by atoms with E-state index in [-0.39, 0.29) is 0 Å². The highest BCUT2D eigenvalue weighted by atomic mass is 15.1. The standard InChI is InChI=1S/C17H21N/c1-2-3-7-13-18(14-12-16-10-11-16)15-17-8-5-4-6-9-17/h2-9,12H,1,10-11,13-15H2/b7-3+. The van der Waals surface area contributed by atoms with Crippen LogP contribution in [0.3, 0.4) is 0 Å². The van der Waals surface area contributed by atoms with Gasteiger partial charge in [-0.3, -0.25) is 4.90 Å². The van der Waals surface area contributed by atoms with Crippen LogP contribution < -0.4 is 0 Å². The van der Waals surface area contributed by atoms with E-state index in [1.165, 1.54) is 18.4 Å². The van der Waals surface area contributed by atoms with Crippen molar-refractivity contribution in [3.05, 3.63) is 72.4 Å². The molecule has 1 fully saturated rings. The van der Waals surface area contributed by atoms with Gasteiger partial charge in [-0.25, -0.2) is 0 Å². The van der Waals surface area contributed by atoms with E-state index in [1.807, 2.05) is 12.2 Å². The summed E-state index contributed by atoms with van der Waals surface area (Å²) in [5.41, 5.74) is 2.99. The number of allylic oxidation sites excluding steroid dienone is 3. The summed E-state index contributed by atoms with van der Waals surface area (Å²) in [5.74, 6) is 0. The molecule has 1 heteroatoms. The predicted molar refractivity (Wildman–Crippen MR) is 78.4 cm³/mol. The molecule has 94 valence electrons. The fraction of sp³-hybridized carbons (Fsp3) is 0.294. The van der Waals surface area contributed by atoms with Gasteiger partial charge in [0.05, 0.1) is 0 Å². The van der Waals surface area contributed by atoms with Gasteiger partial charge in [-0.05, 0) is 18.4 Å². The smallest absolute Gasteiger partial charge is 0.0240 e. The Balaban J connectivity index is 1.92. The van der Waals surface area contributed by atoms with E-state index in [9.17, 15) is 0 Å². The van der Waals surface area contributed by atoms with Crippen molar-refractivity contribution in [3.8, 4) is 0 Å². The number of hydrogen-bond donors (Lipinski definition) is 0. The summed E-state index contributed by atoms with van der Waals surface area (Å²) in [4.78, 5) is 2.45. The number of rotatable bonds is 7. The third-order valence-corrected chi connectivity index (χ3v) is 3.06. The molecule has 2 rings (SSSR count). The lowest BCUT2D eigenvalue weighted by Crippen LogP contribution is -2.23. The van der Waals surface area contributed by atoms with Gasteiger partial charge in [0.25, 0.3) is 0 Å². The highest BCUT2D eigenvalue weighted by molar-refractivity contribution is 5.18. The van der Waals surface area contributed by atoms with E-state index in [4.69, 9.17) is 0 Å². The Bertz CT molecular complexity index is 422. The molecule has 0 unspecified atom stereocenters. The summed E-state index contributed by atoms with van der Waals surface area (Å²) in [6.45, 7) is 6.74. The summed E-state index contributed by atoms with van der Waals surface area (Å²) >= 11 is 0. The SMILES string of the molecule is C=C/C=C/CN(CC=C1CC1)Cc1ccccc1. The van der Waals surface area contributed by atoms with Crippen molar-refractivity contribution in [2.75, 3.05) is 13.1 Å². The zero-order valence-corrected chi connectivity index (χ0v) is 10.9. The number of nitrogens with zero attached hydrogens (tertiary/aromatic N) is 1. The molecule has 0 N–H and O–H groups in total. The molecular weight excluding hydrogens is 218 g/mol. The summed E-state index contributed by atoms with van der Waals surface area (Å²) in [6.07, 6.45) is 11.0. The van der Waals surface area contributed by atoms with Gasteiger partial charge in [0.1, 0.15) is 0 Å². The molecule has 0 saturated heterocycles. The molecule has 0 aliphatic heterocycles. The van der Waals surface area contributed by atoms with E-state index < -0.39 is 0 Å². The molecule has 0 aromatic heterocycles. The second kappa shape index (κ2) is 6.97. The Morgan fingerprint density at radius 3 is 2.56 bits per heavy atom. The number of benzene rings is 1. The molecule has 0 heterocycles. The molecule has 1 aromatic carbocycles. The molecule has 0 amide bonds. The van der Waals surface area contributed by atoms with Crippen molar-refractivity contribution in [1.82, 2.24) is 4.90 Å². The topological polar surface area (TPSA) is 3.24 Å². The van der Waals surface area contributed by atoms with Gasteiger partial charge in [0.15, 0.2) is 0 Å². The molecule has 1 aliphatic rings. The Morgan fingerprint density at radius 2 is 1.89 bits per heavy atom. The van der Waals surface area contributed by atoms with Crippen LogP contribution in [0.15, 0.2) is 66.8 Å². The fourth-order valence-electron chi connectivity index (χ4n) is 1.89. The average molecular weight is 239 g/mol. The molecule has 1 nitrogen and oxygen atoms in total. The van der Waals surface area contributed by atoms with E-state index in [0.29, 0.717) is 0 Å². The van der Waals surface area contributed by atoms with E-state index in [0.717, 1.165) is 19.6 Å². The average Bonchev–Trinajstić information content (AvgIpc) is 3.21. The maximum atomic E-state index is 3.71. The molecule has 1 aliphatic carbocycles. The zero-order valence-electron chi connectivity index (χ0n) is 10.9. The van der Waals surface area contributed by atoms with Crippen LogP contribution in [0.2, 0.25) is 0 Å². The first-order valence-electron chi connectivity index (χ1n) is 6.60. The van der Waals surface area contributed by atoms with Crippen molar-refractivity contribution >= 4 is 0 Å². The minimum Gasteiger partial charge on any atom is -0.292 e. The van der Waals surface area contributed by atoms with Crippen LogP contribution in [-0.4, -0.2) is 18.0 Å². The van der Waals surface area contributed by atoms with E-state index in [1.54, 1.807) is 5.57 Å². The van der Waals surface area contributed by atoms with E-state index in [2.05, 4.69) is 54.0 Å². The molecule has 0 radical (unpaired) electrons. The van der Waals surface area contributed by atoms with Crippen molar-refractivity contribution in [2.24, 2.45) is 0 Å². The van der Waals surface area contributed by atoms with Crippen LogP contribution in [0.1, 0.15) is 18.4 Å². The van der Waals surface area contributed by atoms with Gasteiger partial charge in [0, 0.05) is 19.6 Å². The first-order chi connectivity index (χ1) is 8.88. The molecule has 1 saturated carbocycles. The molecule has 0 bridgehead atoms. The lowest BCUT2D eigenvalue weighted by Gasteiger charge is -2.18. The lowest BCUT2D eigenvalue weighted by molar-refractivity contribution is 0.327. The summed E-state index contributed by atoms with van der Waals surface area (Å²) in [7, 11) is 0. The van der Waals surface area contributed by atoms with Gasteiger partial charge >= 0.3 is 0 Å². The number of hydrogen-bond acceptors (Lipinski definition) is 1. The quantitative estimate of drug-likeness (QED) is 0.514. The van der Waals surface area contributed by atoms with Gasteiger partial charge in [-0.1, -0.05) is 66.8 Å². The van der Waals surface area contributed by atoms with E-state index >= 15 is 0 Å². The summed E-state index contributed by atoms with van der Waals surface area (Å²) in [6, 6.07) is 10.7. The third kappa shape index (κ3) is 4.72. The Labute approximate surface area is 110 Å². The molecule has 0 atom stereocenters. The molecule has 18 heavy (non-hydrogen) atoms. The second-order valence-corrected chi connectivity index (χ2v) is 4.71. The first kappa shape index (κ1) is 12.8. The summed E-state index contributed by atoms with van der Waals surface area (Å²) in [5, 5.41) is 0. The van der Waals surface area contributed by atoms with Gasteiger partial charge in [-0.15, -0.1) is 0 Å². The Morgan fingerprint density at radius 1 is 1.11 bits per heavy atom. The molecule has 0 spiro atoms. The van der Waals surface area contributed by atoms with Gasteiger partial charge < -0.3 is 0 Å². The van der Waals surface area contributed by atoms with Crippen molar-refractivity contribution in [1.29, 1.82) is 0 Å². The normalized spacial score (nSPS) is 14.2. The maximum absolute atomic E-state index is 3.71. The van der Waals surface area contributed by atoms with Crippen LogP contribution in [0.25, 0.3) is 0 Å². The Kier molecular flexibility index (Phi) is 4.98. The molecule has 1 aromatic rings. The van der Waals surface area contributed by atoms with Crippen LogP contribution in [0, 0.1) is 0 Å². The van der Waals surface area contributed by atoms with Gasteiger partial charge in [-0.2, -0.15) is 0 Å². The van der Waals surface area contributed by atoms with Crippen LogP contribution in [-0.2, 0) is 6.54 Å². The van der Waals surface area contributed by atoms with Gasteiger partial charge in [0.2, 0.25) is 0 Å². The first-order valence-corrected chi connectivity index (χ1v) is 6.60. The zero-order chi connectivity index (χ0) is 12.6. The second-order valence-electron chi connectivity index (χ2n) is 4.71. The predicted octanol–water partition coefficient (Wildman–Crippen LogP) is 3.95. The van der Waals surface area contributed by atoms with Crippen LogP contribution in [0.5, 0.6) is 0 Å². The highest BCUT2D eigenvalue weighted by Crippen LogP contribution is 2.27. The fourth-order valence-corrected chi connectivity index (χ4v) is 1.89. The monoisotopic (exact) mass is 239 g/mol. The summed E-state index contributed by atoms with van der Waals surface area (Å²) < 4.78 is 0. The maximum Gasteiger partial charge on any atom is 0.0240 e. The van der Waals surface area contributed by atoms with Crippen molar-refractivity contribution in [2.45, 2.75) is 19.4 Å². The van der Waals surface area contributed by atoms with Crippen molar-refractivity contribution in [3.63, 3.8) is 0 Å².